The van der Waals surface area contributed by atoms with Crippen LogP contribution in [0.5, 0.6) is 0 Å². The molecule has 1 atom stereocenters. The molecule has 0 aromatic heterocycles. The van der Waals surface area contributed by atoms with Gasteiger partial charge < -0.3 is 10.6 Å². The number of rotatable bonds is 3. The predicted molar refractivity (Wildman–Crippen MR) is 93.1 cm³/mol. The van der Waals surface area contributed by atoms with Crippen molar-refractivity contribution in [3.63, 3.8) is 0 Å². The summed E-state index contributed by atoms with van der Waals surface area (Å²) in [5, 5.41) is 4.43. The van der Waals surface area contributed by atoms with Gasteiger partial charge in [0.1, 0.15) is 5.82 Å². The van der Waals surface area contributed by atoms with Crippen LogP contribution >= 0.6 is 11.8 Å². The van der Waals surface area contributed by atoms with Gasteiger partial charge in [-0.15, -0.1) is 11.8 Å². The van der Waals surface area contributed by atoms with E-state index in [0.717, 1.165) is 0 Å². The summed E-state index contributed by atoms with van der Waals surface area (Å²) in [5.41, 5.74) is 0.268. The molecule has 1 heterocycles. The second kappa shape index (κ2) is 7.59. The molecule has 1 aliphatic heterocycles. The van der Waals surface area contributed by atoms with Crippen molar-refractivity contribution in [2.45, 2.75) is 23.5 Å². The molecule has 0 aliphatic carbocycles. The first-order valence-electron chi connectivity index (χ1n) is 7.96. The minimum absolute atomic E-state index is 0.105. The van der Waals surface area contributed by atoms with E-state index in [1.807, 2.05) is 0 Å². The third-order valence-corrected chi connectivity index (χ3v) is 5.17. The molecule has 142 valence electrons. The fourth-order valence-corrected chi connectivity index (χ4v) is 3.90. The molecule has 3 rings (SSSR count). The Kier molecular flexibility index (Phi) is 5.41. The van der Waals surface area contributed by atoms with Crippen LogP contribution in [-0.4, -0.2) is 23.7 Å². The molecular weight excluding hydrogens is 384 g/mol. The van der Waals surface area contributed by atoms with Gasteiger partial charge in [0.05, 0.1) is 17.3 Å². The van der Waals surface area contributed by atoms with E-state index in [4.69, 9.17) is 0 Å². The van der Waals surface area contributed by atoms with Gasteiger partial charge in [-0.05, 0) is 30.2 Å². The van der Waals surface area contributed by atoms with Gasteiger partial charge in [0.15, 0.2) is 0 Å². The second-order valence-corrected chi connectivity index (χ2v) is 6.92. The molecule has 4 nitrogen and oxygen atoms in total. The van der Waals surface area contributed by atoms with Crippen LogP contribution in [0, 0.1) is 5.82 Å². The Hall–Kier alpha value is -2.55. The van der Waals surface area contributed by atoms with E-state index >= 15 is 0 Å². The average molecular weight is 398 g/mol. The van der Waals surface area contributed by atoms with Crippen LogP contribution in [0.4, 0.5) is 23.2 Å². The van der Waals surface area contributed by atoms with Crippen molar-refractivity contribution < 1.29 is 27.2 Å². The van der Waals surface area contributed by atoms with E-state index in [1.54, 1.807) is 11.4 Å². The molecule has 0 fully saturated rings. The first-order chi connectivity index (χ1) is 12.8. The SMILES string of the molecule is O=C(N[C@H]1CCSc2c(F)cccc21)c1ccccc1NC(=O)C(F)(F)F. The molecule has 2 aromatic carbocycles. The van der Waals surface area contributed by atoms with Crippen molar-refractivity contribution in [1.29, 1.82) is 0 Å². The summed E-state index contributed by atoms with van der Waals surface area (Å²) in [5.74, 6) is -2.61. The molecule has 0 spiro atoms. The third-order valence-electron chi connectivity index (χ3n) is 4.01. The molecule has 27 heavy (non-hydrogen) atoms. The maximum absolute atomic E-state index is 13.9. The van der Waals surface area contributed by atoms with Gasteiger partial charge in [0.2, 0.25) is 0 Å². The van der Waals surface area contributed by atoms with Crippen molar-refractivity contribution >= 4 is 29.3 Å². The molecule has 1 aliphatic rings. The molecular formula is C18H14F4N2O2S. The normalized spacial score (nSPS) is 16.4. The van der Waals surface area contributed by atoms with Crippen LogP contribution in [0.1, 0.15) is 28.4 Å². The Morgan fingerprint density at radius 2 is 1.81 bits per heavy atom. The number of thioether (sulfide) groups is 1. The van der Waals surface area contributed by atoms with Gasteiger partial charge in [0, 0.05) is 10.6 Å². The highest BCUT2D eigenvalue weighted by molar-refractivity contribution is 7.99. The van der Waals surface area contributed by atoms with E-state index in [2.05, 4.69) is 5.32 Å². The number of hydrogen-bond acceptors (Lipinski definition) is 3. The number of benzene rings is 2. The van der Waals surface area contributed by atoms with E-state index < -0.39 is 24.0 Å². The number of alkyl halides is 3. The van der Waals surface area contributed by atoms with Crippen molar-refractivity contribution in [2.24, 2.45) is 0 Å². The lowest BCUT2D eigenvalue weighted by atomic mass is 10.0. The Bertz CT molecular complexity index is 886. The summed E-state index contributed by atoms with van der Waals surface area (Å²) in [6, 6.07) is 9.50. The van der Waals surface area contributed by atoms with Gasteiger partial charge in [-0.3, -0.25) is 9.59 Å². The fraction of sp³-hybridized carbons (Fsp3) is 0.222. The van der Waals surface area contributed by atoms with Crippen LogP contribution in [0.2, 0.25) is 0 Å². The van der Waals surface area contributed by atoms with Crippen LogP contribution in [-0.2, 0) is 4.79 Å². The predicted octanol–water partition coefficient (Wildman–Crippen LogP) is 4.29. The van der Waals surface area contributed by atoms with Gasteiger partial charge >= 0.3 is 12.1 Å². The number of carbonyl (C=O) groups excluding carboxylic acids is 2. The van der Waals surface area contributed by atoms with E-state index in [-0.39, 0.29) is 17.1 Å². The molecule has 0 unspecified atom stereocenters. The zero-order valence-electron chi connectivity index (χ0n) is 13.8. The molecule has 2 amide bonds. The standard InChI is InChI=1S/C18H14F4N2O2S/c19-12-6-3-5-10-14(8-9-27-15(10)12)23-16(25)11-4-1-2-7-13(11)24-17(26)18(20,21)22/h1-7,14H,8-9H2,(H,23,25)(H,24,26)/t14-/m0/s1. The molecule has 2 N–H and O–H groups in total. The second-order valence-electron chi connectivity index (χ2n) is 5.82. The first-order valence-corrected chi connectivity index (χ1v) is 8.95. The number of fused-ring (bicyclic) bond motifs is 1. The summed E-state index contributed by atoms with van der Waals surface area (Å²) in [6.07, 6.45) is -4.52. The maximum Gasteiger partial charge on any atom is 0.471 e. The lowest BCUT2D eigenvalue weighted by Crippen LogP contribution is -2.33. The zero-order valence-corrected chi connectivity index (χ0v) is 14.6. The lowest BCUT2D eigenvalue weighted by Gasteiger charge is -2.26. The summed E-state index contributed by atoms with van der Waals surface area (Å²) < 4.78 is 51.4. The summed E-state index contributed by atoms with van der Waals surface area (Å²) in [7, 11) is 0. The van der Waals surface area contributed by atoms with E-state index in [1.165, 1.54) is 48.2 Å². The van der Waals surface area contributed by atoms with Crippen LogP contribution in [0.15, 0.2) is 47.4 Å². The number of nitrogens with one attached hydrogen (secondary N) is 2. The van der Waals surface area contributed by atoms with Gasteiger partial charge in [-0.25, -0.2) is 4.39 Å². The third kappa shape index (κ3) is 4.24. The van der Waals surface area contributed by atoms with Crippen LogP contribution in [0.25, 0.3) is 0 Å². The highest BCUT2D eigenvalue weighted by atomic mass is 32.2. The molecule has 0 radical (unpaired) electrons. The molecule has 0 saturated carbocycles. The van der Waals surface area contributed by atoms with Gasteiger partial charge in [-0.1, -0.05) is 24.3 Å². The van der Waals surface area contributed by atoms with Crippen LogP contribution < -0.4 is 10.6 Å². The number of anilines is 1. The first kappa shape index (κ1) is 19.2. The Morgan fingerprint density at radius 3 is 2.56 bits per heavy atom. The Labute approximate surface area is 156 Å². The van der Waals surface area contributed by atoms with Crippen molar-refractivity contribution in [3.05, 3.63) is 59.4 Å². The van der Waals surface area contributed by atoms with Crippen LogP contribution in [0.3, 0.4) is 0 Å². The summed E-state index contributed by atoms with van der Waals surface area (Å²) in [6.45, 7) is 0. The minimum atomic E-state index is -5.07. The van der Waals surface area contributed by atoms with E-state index in [9.17, 15) is 27.2 Å². The zero-order chi connectivity index (χ0) is 19.6. The highest BCUT2D eigenvalue weighted by Crippen LogP contribution is 2.38. The number of carbonyl (C=O) groups is 2. The number of halogens is 4. The van der Waals surface area contributed by atoms with E-state index in [0.29, 0.717) is 22.6 Å². The summed E-state index contributed by atoms with van der Waals surface area (Å²) in [4.78, 5) is 24.3. The number of hydrogen-bond donors (Lipinski definition) is 2. The minimum Gasteiger partial charge on any atom is -0.345 e. The smallest absolute Gasteiger partial charge is 0.345 e. The Balaban J connectivity index is 1.83. The quantitative estimate of drug-likeness (QED) is 0.759. The lowest BCUT2D eigenvalue weighted by molar-refractivity contribution is -0.167. The topological polar surface area (TPSA) is 58.2 Å². The number of para-hydroxylation sites is 1. The number of amides is 2. The molecule has 0 saturated heterocycles. The highest BCUT2D eigenvalue weighted by Gasteiger charge is 2.39. The average Bonchev–Trinajstić information content (AvgIpc) is 2.62. The largest absolute Gasteiger partial charge is 0.471 e. The fourth-order valence-electron chi connectivity index (χ4n) is 2.76. The molecule has 0 bridgehead atoms. The maximum atomic E-state index is 13.9. The van der Waals surface area contributed by atoms with Gasteiger partial charge in [0.25, 0.3) is 5.91 Å². The van der Waals surface area contributed by atoms with Crippen molar-refractivity contribution in [1.82, 2.24) is 5.32 Å². The van der Waals surface area contributed by atoms with Gasteiger partial charge in [-0.2, -0.15) is 13.2 Å². The molecule has 9 heteroatoms. The van der Waals surface area contributed by atoms with Crippen molar-refractivity contribution in [3.8, 4) is 0 Å². The summed E-state index contributed by atoms with van der Waals surface area (Å²) >= 11 is 1.35. The Morgan fingerprint density at radius 1 is 1.07 bits per heavy atom. The molecule has 2 aromatic rings. The van der Waals surface area contributed by atoms with Crippen molar-refractivity contribution in [2.75, 3.05) is 11.1 Å². The monoisotopic (exact) mass is 398 g/mol.